The Balaban J connectivity index is 1.91. The van der Waals surface area contributed by atoms with E-state index in [0.29, 0.717) is 6.42 Å². The van der Waals surface area contributed by atoms with Crippen LogP contribution in [0, 0.1) is 0 Å². The summed E-state index contributed by atoms with van der Waals surface area (Å²) in [6, 6.07) is 0. The van der Waals surface area contributed by atoms with Gasteiger partial charge < -0.3 is 49.2 Å². The maximum absolute atomic E-state index is 10.3. The van der Waals surface area contributed by atoms with Crippen LogP contribution in [0.5, 0.6) is 0 Å². The second kappa shape index (κ2) is 10.4. The fourth-order valence-electron chi connectivity index (χ4n) is 3.53. The molecule has 2 heterocycles. The van der Waals surface area contributed by atoms with E-state index in [-0.39, 0.29) is 19.8 Å². The van der Waals surface area contributed by atoms with E-state index < -0.39 is 61.0 Å². The van der Waals surface area contributed by atoms with Gasteiger partial charge in [0, 0.05) is 14.2 Å². The lowest BCUT2D eigenvalue weighted by Crippen LogP contribution is -2.61. The molecule has 2 fully saturated rings. The smallest absolute Gasteiger partial charge is 0.114 e. The lowest BCUT2D eigenvalue weighted by molar-refractivity contribution is -0.256. The summed E-state index contributed by atoms with van der Waals surface area (Å²) in [5.74, 6) is 0. The van der Waals surface area contributed by atoms with Crippen LogP contribution >= 0.6 is 0 Å². The molecular weight excluding hydrogens is 364 g/mol. The first-order chi connectivity index (χ1) is 12.8. The molecule has 2 aliphatic heterocycles. The Bertz CT molecular complexity index is 436. The van der Waals surface area contributed by atoms with E-state index in [1.807, 2.05) is 0 Å². The van der Waals surface area contributed by atoms with Gasteiger partial charge in [0.1, 0.15) is 54.9 Å². The second-order valence-electron chi connectivity index (χ2n) is 6.98. The topological polar surface area (TPSA) is 147 Å². The van der Waals surface area contributed by atoms with E-state index in [4.69, 9.17) is 23.7 Å². The Morgan fingerprint density at radius 2 is 1.15 bits per heavy atom. The Morgan fingerprint density at radius 1 is 0.667 bits per heavy atom. The molecule has 10 atom stereocenters. The molecule has 0 aromatic heterocycles. The first-order valence-corrected chi connectivity index (χ1v) is 9.16. The van der Waals surface area contributed by atoms with Crippen molar-refractivity contribution in [2.45, 2.75) is 74.4 Å². The maximum Gasteiger partial charge on any atom is 0.114 e. The van der Waals surface area contributed by atoms with Crippen LogP contribution in [-0.2, 0) is 23.7 Å². The maximum atomic E-state index is 10.3. The van der Waals surface area contributed by atoms with Crippen molar-refractivity contribution in [2.75, 3.05) is 34.0 Å². The quantitative estimate of drug-likeness (QED) is 0.296. The molecule has 2 aliphatic rings. The van der Waals surface area contributed by atoms with E-state index in [9.17, 15) is 25.5 Å². The highest BCUT2D eigenvalue weighted by Gasteiger charge is 2.46. The molecule has 0 radical (unpaired) electrons. The zero-order valence-corrected chi connectivity index (χ0v) is 15.9. The molecule has 0 spiro atoms. The van der Waals surface area contributed by atoms with Gasteiger partial charge in [0.2, 0.25) is 0 Å². The van der Waals surface area contributed by atoms with Gasteiger partial charge in [-0.15, -0.1) is 0 Å². The zero-order chi connectivity index (χ0) is 20.1. The summed E-state index contributed by atoms with van der Waals surface area (Å²) in [5.41, 5.74) is 0. The van der Waals surface area contributed by atoms with Crippen molar-refractivity contribution in [1.82, 2.24) is 0 Å². The van der Waals surface area contributed by atoms with Crippen molar-refractivity contribution in [3.05, 3.63) is 0 Å². The van der Waals surface area contributed by atoms with Crippen molar-refractivity contribution in [1.29, 1.82) is 0 Å². The first-order valence-electron chi connectivity index (χ1n) is 9.16. The molecule has 6 unspecified atom stereocenters. The minimum atomic E-state index is -1.33. The lowest BCUT2D eigenvalue weighted by atomic mass is 9.94. The third-order valence-corrected chi connectivity index (χ3v) is 5.17. The number of aliphatic hydroxyl groups excluding tert-OH is 5. The minimum Gasteiger partial charge on any atom is -0.388 e. The molecule has 0 amide bonds. The van der Waals surface area contributed by atoms with Crippen molar-refractivity contribution < 1.29 is 49.2 Å². The van der Waals surface area contributed by atoms with E-state index >= 15 is 0 Å². The van der Waals surface area contributed by atoms with E-state index in [0.717, 1.165) is 0 Å². The standard InChI is InChI=1S/C17H32O10/c1-4-8-12(18)16(22)13(19)10(26-8)6-25-7-11-15(21)17(24-3)14(20)9(27-11)5-23-2/h8-22H,4-7H2,1-3H3/t8-,9?,10?,11-,12?,13-,14-,15?,16?,17?/m1/s1. The molecule has 0 aliphatic carbocycles. The summed E-state index contributed by atoms with van der Waals surface area (Å²) in [7, 11) is 2.86. The average Bonchev–Trinajstić information content (AvgIpc) is 2.65. The monoisotopic (exact) mass is 396 g/mol. The molecule has 0 saturated carbocycles. The predicted octanol–water partition coefficient (Wildman–Crippen LogP) is -2.59. The summed E-state index contributed by atoms with van der Waals surface area (Å²) in [5, 5.41) is 50.4. The van der Waals surface area contributed by atoms with Crippen LogP contribution in [0.25, 0.3) is 0 Å². The summed E-state index contributed by atoms with van der Waals surface area (Å²) in [6.07, 6.45) is -9.24. The minimum absolute atomic E-state index is 0.0457. The van der Waals surface area contributed by atoms with Gasteiger partial charge >= 0.3 is 0 Å². The highest BCUT2D eigenvalue weighted by molar-refractivity contribution is 4.94. The summed E-state index contributed by atoms with van der Waals surface area (Å²) in [4.78, 5) is 0. The molecule has 0 bridgehead atoms. The fourth-order valence-corrected chi connectivity index (χ4v) is 3.53. The number of ether oxygens (including phenoxy) is 5. The molecule has 27 heavy (non-hydrogen) atoms. The molecule has 10 heteroatoms. The molecule has 5 N–H and O–H groups in total. The highest BCUT2D eigenvalue weighted by Crippen LogP contribution is 2.26. The van der Waals surface area contributed by atoms with E-state index in [2.05, 4.69) is 0 Å². The van der Waals surface area contributed by atoms with Gasteiger partial charge in [-0.2, -0.15) is 0 Å². The largest absolute Gasteiger partial charge is 0.388 e. The number of methoxy groups -OCH3 is 2. The van der Waals surface area contributed by atoms with E-state index in [1.165, 1.54) is 14.2 Å². The van der Waals surface area contributed by atoms with Gasteiger partial charge in [-0.05, 0) is 6.42 Å². The van der Waals surface area contributed by atoms with E-state index in [1.54, 1.807) is 6.92 Å². The molecule has 2 rings (SSSR count). The van der Waals surface area contributed by atoms with Crippen LogP contribution in [0.3, 0.4) is 0 Å². The normalized spacial score (nSPS) is 45.8. The number of rotatable bonds is 8. The molecule has 160 valence electrons. The van der Waals surface area contributed by atoms with Crippen molar-refractivity contribution in [3.63, 3.8) is 0 Å². The van der Waals surface area contributed by atoms with Crippen LogP contribution in [0.15, 0.2) is 0 Å². The van der Waals surface area contributed by atoms with Crippen LogP contribution in [0.2, 0.25) is 0 Å². The summed E-state index contributed by atoms with van der Waals surface area (Å²) >= 11 is 0. The third-order valence-electron chi connectivity index (χ3n) is 5.17. The van der Waals surface area contributed by atoms with Crippen LogP contribution in [-0.4, -0.2) is 121 Å². The number of hydrogen-bond donors (Lipinski definition) is 5. The van der Waals surface area contributed by atoms with Crippen LogP contribution in [0.4, 0.5) is 0 Å². The van der Waals surface area contributed by atoms with Crippen molar-refractivity contribution >= 4 is 0 Å². The van der Waals surface area contributed by atoms with Gasteiger partial charge in [0.15, 0.2) is 0 Å². The molecule has 0 aromatic carbocycles. The van der Waals surface area contributed by atoms with Gasteiger partial charge in [-0.1, -0.05) is 6.92 Å². The molecular formula is C17H32O10. The Kier molecular flexibility index (Phi) is 8.81. The Morgan fingerprint density at radius 3 is 1.67 bits per heavy atom. The molecule has 2 saturated heterocycles. The summed E-state index contributed by atoms with van der Waals surface area (Å²) < 4.78 is 27.0. The Hall–Kier alpha value is -0.400. The van der Waals surface area contributed by atoms with Crippen molar-refractivity contribution in [3.8, 4) is 0 Å². The first kappa shape index (κ1) is 22.9. The lowest BCUT2D eigenvalue weighted by Gasteiger charge is -2.42. The van der Waals surface area contributed by atoms with Gasteiger partial charge in [0.05, 0.1) is 25.9 Å². The molecule has 0 aromatic rings. The van der Waals surface area contributed by atoms with Gasteiger partial charge in [0.25, 0.3) is 0 Å². The second-order valence-corrected chi connectivity index (χ2v) is 6.98. The number of hydrogen-bond acceptors (Lipinski definition) is 10. The predicted molar refractivity (Wildman–Crippen MR) is 91.1 cm³/mol. The van der Waals surface area contributed by atoms with Crippen molar-refractivity contribution in [2.24, 2.45) is 0 Å². The summed E-state index contributed by atoms with van der Waals surface area (Å²) in [6.45, 7) is 1.81. The zero-order valence-electron chi connectivity index (χ0n) is 15.9. The van der Waals surface area contributed by atoms with Gasteiger partial charge in [-0.25, -0.2) is 0 Å². The Labute approximate surface area is 158 Å². The van der Waals surface area contributed by atoms with Gasteiger partial charge in [-0.3, -0.25) is 0 Å². The molecule has 10 nitrogen and oxygen atoms in total. The average molecular weight is 396 g/mol. The van der Waals surface area contributed by atoms with Crippen LogP contribution < -0.4 is 0 Å². The third kappa shape index (κ3) is 5.15. The van der Waals surface area contributed by atoms with Crippen LogP contribution in [0.1, 0.15) is 13.3 Å². The highest BCUT2D eigenvalue weighted by atomic mass is 16.6. The SMILES string of the molecule is CC[C@H]1OC(COC[C@H]2OC(COC)[C@@H](O)C(OC)C2O)[C@@H](O)C(O)C1O. The number of aliphatic hydroxyl groups is 5. The fraction of sp³-hybridized carbons (Fsp3) is 1.00.